The van der Waals surface area contributed by atoms with Gasteiger partial charge in [-0.05, 0) is 55.8 Å². The third-order valence-corrected chi connectivity index (χ3v) is 6.70. The molecule has 1 atom stereocenters. The number of hydrogen-bond acceptors (Lipinski definition) is 5. The second-order valence-electron chi connectivity index (χ2n) is 8.39. The molecule has 0 radical (unpaired) electrons. The number of carbonyl (C=O) groups is 1. The molecule has 1 aromatic carbocycles. The summed E-state index contributed by atoms with van der Waals surface area (Å²) in [6.45, 7) is 7.36. The Labute approximate surface area is 214 Å². The Hall–Kier alpha value is -2.99. The molecule has 3 aromatic rings. The molecule has 1 unspecified atom stereocenters. The van der Waals surface area contributed by atoms with Gasteiger partial charge >= 0.3 is 12.4 Å². The van der Waals surface area contributed by atoms with Gasteiger partial charge in [-0.25, -0.2) is 4.98 Å². The van der Waals surface area contributed by atoms with Gasteiger partial charge in [-0.1, -0.05) is 32.0 Å². The van der Waals surface area contributed by atoms with Crippen molar-refractivity contribution in [1.82, 2.24) is 20.2 Å². The topological polar surface area (TPSA) is 58.1 Å². The van der Waals surface area contributed by atoms with Crippen LogP contribution < -0.4 is 5.32 Å². The average Bonchev–Trinajstić information content (AvgIpc) is 3.30. The summed E-state index contributed by atoms with van der Waals surface area (Å²) < 4.78 is 80.7. The summed E-state index contributed by atoms with van der Waals surface area (Å²) in [5, 5.41) is 2.31. The molecule has 200 valence electrons. The number of nitrogens with zero attached hydrogens (tertiary/aromatic N) is 3. The van der Waals surface area contributed by atoms with Crippen molar-refractivity contribution in [3.8, 4) is 10.7 Å². The Morgan fingerprint density at radius 3 is 2.43 bits per heavy atom. The summed E-state index contributed by atoms with van der Waals surface area (Å²) in [7, 11) is 0. The smallest absolute Gasteiger partial charge is 0.345 e. The summed E-state index contributed by atoms with van der Waals surface area (Å²) >= 11 is 0.550. The second kappa shape index (κ2) is 11.6. The van der Waals surface area contributed by atoms with Crippen molar-refractivity contribution in [2.45, 2.75) is 52.1 Å². The van der Waals surface area contributed by atoms with E-state index in [0.717, 1.165) is 31.6 Å². The van der Waals surface area contributed by atoms with Gasteiger partial charge in [0.2, 0.25) is 0 Å². The van der Waals surface area contributed by atoms with Gasteiger partial charge < -0.3 is 5.32 Å². The number of pyridine rings is 1. The molecular weight excluding hydrogens is 518 g/mol. The van der Waals surface area contributed by atoms with Crippen LogP contribution in [0.5, 0.6) is 0 Å². The third kappa shape index (κ3) is 7.07. The monoisotopic (exact) mass is 544 g/mol. The molecule has 0 saturated carbocycles. The van der Waals surface area contributed by atoms with Gasteiger partial charge in [-0.3, -0.25) is 14.7 Å². The molecule has 0 spiro atoms. The average molecular weight is 545 g/mol. The minimum absolute atomic E-state index is 0.0626. The molecule has 1 N–H and O–H groups in total. The van der Waals surface area contributed by atoms with Crippen molar-refractivity contribution >= 4 is 17.2 Å². The zero-order valence-corrected chi connectivity index (χ0v) is 21.2. The lowest BCUT2D eigenvalue weighted by molar-refractivity contribution is -0.141. The molecule has 0 saturated heterocycles. The Balaban J connectivity index is 1.95. The predicted molar refractivity (Wildman–Crippen MR) is 129 cm³/mol. The fraction of sp³-hybridized carbons (Fsp3) is 0.400. The zero-order chi connectivity index (χ0) is 27.4. The van der Waals surface area contributed by atoms with Gasteiger partial charge in [0.25, 0.3) is 5.91 Å². The number of benzene rings is 1. The van der Waals surface area contributed by atoms with Gasteiger partial charge in [-0.15, -0.1) is 11.3 Å². The predicted octanol–water partition coefficient (Wildman–Crippen LogP) is 6.97. The molecule has 0 bridgehead atoms. The summed E-state index contributed by atoms with van der Waals surface area (Å²) in [4.78, 5) is 22.3. The van der Waals surface area contributed by atoms with Gasteiger partial charge in [0, 0.05) is 12.7 Å². The van der Waals surface area contributed by atoms with Crippen LogP contribution in [0, 0.1) is 0 Å². The van der Waals surface area contributed by atoms with E-state index in [9.17, 15) is 31.1 Å². The molecule has 0 aliphatic heterocycles. The summed E-state index contributed by atoms with van der Waals surface area (Å²) in [6.07, 6.45) is -7.18. The van der Waals surface area contributed by atoms with Crippen LogP contribution in [0.15, 0.2) is 42.6 Å². The van der Waals surface area contributed by atoms with Crippen LogP contribution in [0.2, 0.25) is 0 Å². The summed E-state index contributed by atoms with van der Waals surface area (Å²) in [5.74, 6) is -1.08. The van der Waals surface area contributed by atoms with E-state index in [-0.39, 0.29) is 16.3 Å². The number of rotatable bonds is 9. The normalized spacial score (nSPS) is 13.1. The first-order valence-electron chi connectivity index (χ1n) is 11.6. The minimum atomic E-state index is -4.92. The van der Waals surface area contributed by atoms with Crippen LogP contribution in [0.25, 0.3) is 10.7 Å². The third-order valence-electron chi connectivity index (χ3n) is 5.64. The molecule has 0 aliphatic rings. The maximum atomic E-state index is 13.9. The van der Waals surface area contributed by atoms with Gasteiger partial charge in [0.1, 0.15) is 15.6 Å². The number of amides is 1. The molecule has 2 aromatic heterocycles. The number of hydrogen-bond donors (Lipinski definition) is 1. The minimum Gasteiger partial charge on any atom is -0.345 e. The van der Waals surface area contributed by atoms with Crippen LogP contribution in [0.1, 0.15) is 65.3 Å². The quantitative estimate of drug-likeness (QED) is 0.296. The van der Waals surface area contributed by atoms with Crippen molar-refractivity contribution in [1.29, 1.82) is 0 Å². The summed E-state index contributed by atoms with van der Waals surface area (Å²) in [5.41, 5.74) is -1.26. The van der Waals surface area contributed by atoms with E-state index in [2.05, 4.69) is 20.2 Å². The highest BCUT2D eigenvalue weighted by Crippen LogP contribution is 2.38. The van der Waals surface area contributed by atoms with Crippen molar-refractivity contribution in [2.75, 3.05) is 13.1 Å². The lowest BCUT2D eigenvalue weighted by atomic mass is 10.0. The Bertz CT molecular complexity index is 1220. The van der Waals surface area contributed by atoms with E-state index < -0.39 is 40.4 Å². The number of halogens is 6. The first kappa shape index (κ1) is 28.6. The van der Waals surface area contributed by atoms with Gasteiger partial charge in [0.15, 0.2) is 5.69 Å². The molecule has 0 fully saturated rings. The Morgan fingerprint density at radius 1 is 1.08 bits per heavy atom. The molecule has 37 heavy (non-hydrogen) atoms. The maximum Gasteiger partial charge on any atom is 0.435 e. The standard InChI is InChI=1S/C25H26F6N4OS/c1-4-12-35(5-2)14-17-9-7-11-32-19(17)23-34-21(25(29,30)31)20(37-23)22(36)33-15(3)16-8-6-10-18(13-16)24(26,27)28/h6-11,13,15H,4-5,12,14H2,1-3H3,(H,33,36). The Morgan fingerprint density at radius 2 is 1.81 bits per heavy atom. The highest BCUT2D eigenvalue weighted by molar-refractivity contribution is 7.17. The lowest BCUT2D eigenvalue weighted by Crippen LogP contribution is -2.28. The highest BCUT2D eigenvalue weighted by atomic mass is 32.1. The highest BCUT2D eigenvalue weighted by Gasteiger charge is 2.40. The van der Waals surface area contributed by atoms with Crippen molar-refractivity contribution in [3.05, 3.63) is 69.9 Å². The zero-order valence-electron chi connectivity index (χ0n) is 20.4. The molecule has 5 nitrogen and oxygen atoms in total. The maximum absolute atomic E-state index is 13.9. The van der Waals surface area contributed by atoms with Gasteiger partial charge in [-0.2, -0.15) is 26.3 Å². The fourth-order valence-corrected chi connectivity index (χ4v) is 4.78. The SMILES string of the molecule is CCCN(CC)Cc1cccnc1-c1nc(C(F)(F)F)c(C(=O)NC(C)c2cccc(C(F)(F)F)c2)s1. The van der Waals surface area contributed by atoms with Crippen molar-refractivity contribution in [3.63, 3.8) is 0 Å². The summed E-state index contributed by atoms with van der Waals surface area (Å²) in [6, 6.07) is 6.71. The molecule has 0 aliphatic carbocycles. The van der Waals surface area contributed by atoms with E-state index in [4.69, 9.17) is 0 Å². The lowest BCUT2D eigenvalue weighted by Gasteiger charge is -2.20. The van der Waals surface area contributed by atoms with E-state index >= 15 is 0 Å². The van der Waals surface area contributed by atoms with Crippen LogP contribution in [-0.4, -0.2) is 33.9 Å². The van der Waals surface area contributed by atoms with Crippen LogP contribution in [0.3, 0.4) is 0 Å². The molecule has 12 heteroatoms. The second-order valence-corrected chi connectivity index (χ2v) is 9.39. The molecule has 3 rings (SSSR count). The molecule has 1 amide bonds. The van der Waals surface area contributed by atoms with Crippen LogP contribution in [-0.2, 0) is 18.9 Å². The Kier molecular flexibility index (Phi) is 8.96. The number of aromatic nitrogens is 2. The number of carbonyl (C=O) groups excluding carboxylic acids is 1. The van der Waals surface area contributed by atoms with Crippen molar-refractivity contribution in [2.24, 2.45) is 0 Å². The van der Waals surface area contributed by atoms with E-state index in [0.29, 0.717) is 23.4 Å². The number of nitrogens with one attached hydrogen (secondary N) is 1. The fourth-order valence-electron chi connectivity index (χ4n) is 3.76. The number of thiazole rings is 1. The molecular formula is C25H26F6N4OS. The number of alkyl halides is 6. The van der Waals surface area contributed by atoms with Crippen LogP contribution >= 0.6 is 11.3 Å². The first-order chi connectivity index (χ1) is 17.3. The van der Waals surface area contributed by atoms with E-state index in [1.807, 2.05) is 13.8 Å². The van der Waals surface area contributed by atoms with Crippen LogP contribution in [0.4, 0.5) is 26.3 Å². The largest absolute Gasteiger partial charge is 0.435 e. The van der Waals surface area contributed by atoms with Gasteiger partial charge in [0.05, 0.1) is 11.6 Å². The molecule has 2 heterocycles. The van der Waals surface area contributed by atoms with Crippen molar-refractivity contribution < 1.29 is 31.1 Å². The van der Waals surface area contributed by atoms with E-state index in [1.54, 1.807) is 12.1 Å². The van der Waals surface area contributed by atoms with E-state index in [1.165, 1.54) is 25.3 Å². The first-order valence-corrected chi connectivity index (χ1v) is 12.4.